The van der Waals surface area contributed by atoms with Crippen molar-refractivity contribution in [2.45, 2.75) is 32.1 Å². The normalized spacial score (nSPS) is 26.2. The standard InChI is InChI=1S/C8H15F2N/c1-6(5-11)2-7-3-8(9,10)4-7/h6-7H,2-5,11H2,1H3. The van der Waals surface area contributed by atoms with Gasteiger partial charge in [0.2, 0.25) is 5.92 Å². The van der Waals surface area contributed by atoms with Crippen molar-refractivity contribution in [2.24, 2.45) is 17.6 Å². The first-order valence-corrected chi connectivity index (χ1v) is 4.11. The summed E-state index contributed by atoms with van der Waals surface area (Å²) in [7, 11) is 0. The maximum absolute atomic E-state index is 12.3. The summed E-state index contributed by atoms with van der Waals surface area (Å²) in [6, 6.07) is 0. The molecule has 66 valence electrons. The largest absolute Gasteiger partial charge is 0.330 e. The molecule has 0 aromatic carbocycles. The second kappa shape index (κ2) is 3.05. The molecule has 1 aliphatic rings. The lowest BCUT2D eigenvalue weighted by molar-refractivity contribution is -0.114. The Morgan fingerprint density at radius 3 is 2.45 bits per heavy atom. The van der Waals surface area contributed by atoms with Gasteiger partial charge in [-0.1, -0.05) is 6.92 Å². The van der Waals surface area contributed by atoms with E-state index in [9.17, 15) is 8.78 Å². The van der Waals surface area contributed by atoms with E-state index in [0.717, 1.165) is 6.42 Å². The number of nitrogens with two attached hydrogens (primary N) is 1. The van der Waals surface area contributed by atoms with Crippen molar-refractivity contribution < 1.29 is 8.78 Å². The van der Waals surface area contributed by atoms with Gasteiger partial charge in [-0.05, 0) is 24.8 Å². The molecule has 1 nitrogen and oxygen atoms in total. The van der Waals surface area contributed by atoms with Gasteiger partial charge >= 0.3 is 0 Å². The van der Waals surface area contributed by atoms with Crippen molar-refractivity contribution >= 4 is 0 Å². The minimum Gasteiger partial charge on any atom is -0.330 e. The average Bonchev–Trinajstić information content (AvgIpc) is 1.83. The summed E-state index contributed by atoms with van der Waals surface area (Å²) >= 11 is 0. The third-order valence-electron chi connectivity index (χ3n) is 2.31. The molecule has 0 aliphatic heterocycles. The molecule has 0 radical (unpaired) electrons. The van der Waals surface area contributed by atoms with Gasteiger partial charge < -0.3 is 5.73 Å². The van der Waals surface area contributed by atoms with Gasteiger partial charge in [0.1, 0.15) is 0 Å². The summed E-state index contributed by atoms with van der Waals surface area (Å²) < 4.78 is 24.6. The van der Waals surface area contributed by atoms with Crippen LogP contribution in [0.2, 0.25) is 0 Å². The molecular weight excluding hydrogens is 148 g/mol. The predicted molar refractivity (Wildman–Crippen MR) is 40.5 cm³/mol. The van der Waals surface area contributed by atoms with Gasteiger partial charge in [0, 0.05) is 12.8 Å². The molecule has 1 atom stereocenters. The molecule has 0 aromatic rings. The Bertz CT molecular complexity index is 128. The summed E-state index contributed by atoms with van der Waals surface area (Å²) in [5.74, 6) is -1.74. The highest BCUT2D eigenvalue weighted by Crippen LogP contribution is 2.44. The minimum absolute atomic E-state index is 0.0807. The van der Waals surface area contributed by atoms with E-state index in [2.05, 4.69) is 0 Å². The van der Waals surface area contributed by atoms with E-state index in [-0.39, 0.29) is 18.8 Å². The van der Waals surface area contributed by atoms with Gasteiger partial charge in [-0.2, -0.15) is 0 Å². The highest BCUT2D eigenvalue weighted by atomic mass is 19.3. The SMILES string of the molecule is CC(CN)CC1CC(F)(F)C1. The van der Waals surface area contributed by atoms with Gasteiger partial charge in [0.15, 0.2) is 0 Å². The zero-order chi connectivity index (χ0) is 8.48. The molecule has 0 heterocycles. The van der Waals surface area contributed by atoms with E-state index in [4.69, 9.17) is 5.73 Å². The Morgan fingerprint density at radius 2 is 2.09 bits per heavy atom. The van der Waals surface area contributed by atoms with Crippen molar-refractivity contribution in [2.75, 3.05) is 6.54 Å². The molecule has 1 saturated carbocycles. The number of alkyl halides is 2. The Balaban J connectivity index is 2.13. The molecule has 0 aromatic heterocycles. The Labute approximate surface area is 66.0 Å². The van der Waals surface area contributed by atoms with Crippen LogP contribution in [0, 0.1) is 11.8 Å². The van der Waals surface area contributed by atoms with Crippen LogP contribution in [0.5, 0.6) is 0 Å². The quantitative estimate of drug-likeness (QED) is 0.676. The third kappa shape index (κ3) is 2.40. The summed E-state index contributed by atoms with van der Waals surface area (Å²) in [4.78, 5) is 0. The monoisotopic (exact) mass is 163 g/mol. The second-order valence-electron chi connectivity index (χ2n) is 3.71. The lowest BCUT2D eigenvalue weighted by Crippen LogP contribution is -2.36. The number of hydrogen-bond acceptors (Lipinski definition) is 1. The fraction of sp³-hybridized carbons (Fsp3) is 1.00. The minimum atomic E-state index is -2.36. The van der Waals surface area contributed by atoms with Crippen LogP contribution >= 0.6 is 0 Å². The maximum Gasteiger partial charge on any atom is 0.248 e. The van der Waals surface area contributed by atoms with Gasteiger partial charge in [0.25, 0.3) is 0 Å². The molecule has 1 unspecified atom stereocenters. The molecule has 2 N–H and O–H groups in total. The predicted octanol–water partition coefficient (Wildman–Crippen LogP) is 2.02. The zero-order valence-electron chi connectivity index (χ0n) is 6.82. The van der Waals surface area contributed by atoms with E-state index in [1.807, 2.05) is 6.92 Å². The fourth-order valence-corrected chi connectivity index (χ4v) is 1.62. The molecule has 0 bridgehead atoms. The van der Waals surface area contributed by atoms with Crippen molar-refractivity contribution in [1.29, 1.82) is 0 Å². The van der Waals surface area contributed by atoms with Crippen molar-refractivity contribution in [3.63, 3.8) is 0 Å². The van der Waals surface area contributed by atoms with Gasteiger partial charge in [-0.25, -0.2) is 8.78 Å². The molecule has 1 rings (SSSR count). The zero-order valence-corrected chi connectivity index (χ0v) is 6.82. The molecule has 11 heavy (non-hydrogen) atoms. The first-order chi connectivity index (χ1) is 5.03. The van der Waals surface area contributed by atoms with Crippen LogP contribution in [0.4, 0.5) is 8.78 Å². The van der Waals surface area contributed by atoms with Gasteiger partial charge in [-0.3, -0.25) is 0 Å². The smallest absolute Gasteiger partial charge is 0.248 e. The number of hydrogen-bond donors (Lipinski definition) is 1. The molecule has 0 spiro atoms. The summed E-state index contributed by atoms with van der Waals surface area (Å²) in [6.07, 6.45) is 1.03. The third-order valence-corrected chi connectivity index (χ3v) is 2.31. The first-order valence-electron chi connectivity index (χ1n) is 4.11. The molecule has 1 aliphatic carbocycles. The second-order valence-corrected chi connectivity index (χ2v) is 3.71. The van der Waals surface area contributed by atoms with E-state index in [1.54, 1.807) is 0 Å². The van der Waals surface area contributed by atoms with E-state index >= 15 is 0 Å². The van der Waals surface area contributed by atoms with Crippen molar-refractivity contribution in [1.82, 2.24) is 0 Å². The van der Waals surface area contributed by atoms with E-state index < -0.39 is 5.92 Å². The lowest BCUT2D eigenvalue weighted by atomic mass is 9.76. The summed E-state index contributed by atoms with van der Waals surface area (Å²) in [6.45, 7) is 2.62. The first kappa shape index (κ1) is 8.91. The molecule has 3 heteroatoms. The van der Waals surface area contributed by atoms with Crippen LogP contribution in [-0.2, 0) is 0 Å². The molecule has 0 saturated heterocycles. The highest BCUT2D eigenvalue weighted by Gasteiger charge is 2.44. The molecule has 0 amide bonds. The van der Waals surface area contributed by atoms with Crippen molar-refractivity contribution in [3.8, 4) is 0 Å². The number of halogens is 2. The Morgan fingerprint density at radius 1 is 1.55 bits per heavy atom. The lowest BCUT2D eigenvalue weighted by Gasteiger charge is -2.36. The van der Waals surface area contributed by atoms with Gasteiger partial charge in [-0.15, -0.1) is 0 Å². The van der Waals surface area contributed by atoms with E-state index in [0.29, 0.717) is 12.5 Å². The topological polar surface area (TPSA) is 26.0 Å². The summed E-state index contributed by atoms with van der Waals surface area (Å²) in [5, 5.41) is 0. The van der Waals surface area contributed by atoms with Crippen LogP contribution < -0.4 is 5.73 Å². The van der Waals surface area contributed by atoms with Crippen LogP contribution in [0.3, 0.4) is 0 Å². The Kier molecular flexibility index (Phi) is 2.47. The van der Waals surface area contributed by atoms with Crippen LogP contribution in [0.1, 0.15) is 26.2 Å². The van der Waals surface area contributed by atoms with Crippen LogP contribution in [0.25, 0.3) is 0 Å². The van der Waals surface area contributed by atoms with Crippen LogP contribution in [0.15, 0.2) is 0 Å². The van der Waals surface area contributed by atoms with Gasteiger partial charge in [0.05, 0.1) is 0 Å². The molecular formula is C8H15F2N. The van der Waals surface area contributed by atoms with E-state index in [1.165, 1.54) is 0 Å². The Hall–Kier alpha value is -0.180. The van der Waals surface area contributed by atoms with Crippen LogP contribution in [-0.4, -0.2) is 12.5 Å². The fourth-order valence-electron chi connectivity index (χ4n) is 1.62. The van der Waals surface area contributed by atoms with Crippen molar-refractivity contribution in [3.05, 3.63) is 0 Å². The molecule has 1 fully saturated rings. The summed E-state index contributed by atoms with van der Waals surface area (Å²) in [5.41, 5.74) is 5.38. The maximum atomic E-state index is 12.3. The average molecular weight is 163 g/mol. The number of rotatable bonds is 3. The highest BCUT2D eigenvalue weighted by molar-refractivity contribution is 4.86.